The van der Waals surface area contributed by atoms with Gasteiger partial charge in [-0.05, 0) is 6.92 Å². The molecule has 56 heavy (non-hydrogen) atoms. The fraction of sp³-hybridized carbons (Fsp3) is 0.424. The van der Waals surface area contributed by atoms with Crippen molar-refractivity contribution in [2.75, 3.05) is 24.7 Å². The standard InChI is InChI=1S/C33H36N12O11/c1-14-5-7-18(8-6-14)29-40-28(35)22-31(41-29)45(13-39-22)33(26(54-17(4)49)24(53-16(3)48)20(56-33)10-52-15(2)47)43-42-32(25(51)23(50)19(9-46)55-32)44-12-38-21-27(34)36-11-37-30(21)44/h5-8,11-13,19-20,23-26,46,50-51H,9-10H2,1-4H3,(H2,34,36,37)(H2,35,40,41)/t19-,20-,23-,24-,25-,26-,32+,33+/m1/s1. The number of nitrogen functional groups attached to an aromatic ring is 2. The van der Waals surface area contributed by atoms with Crippen molar-refractivity contribution in [2.24, 2.45) is 10.2 Å². The number of anilines is 2. The monoisotopic (exact) mass is 776 g/mol. The number of carbonyl (C=O) groups excluding carboxylic acids is 3. The Balaban J connectivity index is 1.52. The van der Waals surface area contributed by atoms with Crippen LogP contribution in [0.1, 0.15) is 26.3 Å². The highest BCUT2D eigenvalue weighted by Crippen LogP contribution is 2.46. The van der Waals surface area contributed by atoms with Crippen molar-refractivity contribution in [3.63, 3.8) is 0 Å². The summed E-state index contributed by atoms with van der Waals surface area (Å²) in [6, 6.07) is 7.21. The molecule has 2 fully saturated rings. The first-order valence-electron chi connectivity index (χ1n) is 17.0. The van der Waals surface area contributed by atoms with Crippen LogP contribution in [-0.4, -0.2) is 122 Å². The van der Waals surface area contributed by atoms with Crippen molar-refractivity contribution in [3.8, 4) is 11.4 Å². The van der Waals surface area contributed by atoms with E-state index >= 15 is 0 Å². The van der Waals surface area contributed by atoms with Crippen LogP contribution in [-0.2, 0) is 49.8 Å². The highest BCUT2D eigenvalue weighted by Gasteiger charge is 2.64. The Morgan fingerprint density at radius 2 is 1.45 bits per heavy atom. The zero-order valence-electron chi connectivity index (χ0n) is 30.2. The van der Waals surface area contributed by atoms with Gasteiger partial charge in [-0.3, -0.25) is 23.5 Å². The van der Waals surface area contributed by atoms with Crippen LogP contribution in [0.2, 0.25) is 0 Å². The lowest BCUT2D eigenvalue weighted by Crippen LogP contribution is -2.49. The van der Waals surface area contributed by atoms with Gasteiger partial charge in [-0.2, -0.15) is 0 Å². The van der Waals surface area contributed by atoms with Crippen molar-refractivity contribution >= 4 is 51.9 Å². The zero-order valence-corrected chi connectivity index (χ0v) is 30.2. The van der Waals surface area contributed by atoms with Crippen LogP contribution in [0.4, 0.5) is 11.6 Å². The number of rotatable bonds is 10. The van der Waals surface area contributed by atoms with Gasteiger partial charge in [0.15, 0.2) is 41.0 Å². The van der Waals surface area contributed by atoms with Crippen molar-refractivity contribution in [3.05, 3.63) is 48.8 Å². The molecule has 0 bridgehead atoms. The van der Waals surface area contributed by atoms with Crippen molar-refractivity contribution in [1.29, 1.82) is 0 Å². The Bertz CT molecular complexity index is 2350. The van der Waals surface area contributed by atoms with Gasteiger partial charge in [0.2, 0.25) is 6.10 Å². The van der Waals surface area contributed by atoms with Crippen LogP contribution in [0.5, 0.6) is 0 Å². The predicted octanol–water partition coefficient (Wildman–Crippen LogP) is -0.583. The molecule has 4 aromatic heterocycles. The topological polar surface area (TPSA) is 322 Å². The number of aliphatic hydroxyl groups is 3. The van der Waals surface area contributed by atoms with Crippen LogP contribution in [0.15, 0.2) is 53.5 Å². The van der Waals surface area contributed by atoms with Gasteiger partial charge in [-0.1, -0.05) is 29.8 Å². The van der Waals surface area contributed by atoms with E-state index in [9.17, 15) is 29.7 Å². The summed E-state index contributed by atoms with van der Waals surface area (Å²) >= 11 is 0. The van der Waals surface area contributed by atoms with E-state index in [1.165, 1.54) is 10.9 Å². The summed E-state index contributed by atoms with van der Waals surface area (Å²) in [6.07, 6.45) is -6.56. The number of aryl methyl sites for hydroxylation is 1. The molecule has 0 spiro atoms. The molecule has 8 atom stereocenters. The lowest BCUT2D eigenvalue weighted by molar-refractivity contribution is -0.188. The Morgan fingerprint density at radius 3 is 2.07 bits per heavy atom. The van der Waals surface area contributed by atoms with Gasteiger partial charge in [0.05, 0.1) is 6.61 Å². The number of ether oxygens (including phenoxy) is 5. The van der Waals surface area contributed by atoms with Gasteiger partial charge in [-0.25, -0.2) is 29.9 Å². The van der Waals surface area contributed by atoms with Crippen molar-refractivity contribution < 1.29 is 53.4 Å². The molecule has 23 heteroatoms. The maximum absolute atomic E-state index is 12.9. The van der Waals surface area contributed by atoms with Gasteiger partial charge in [0.25, 0.3) is 5.85 Å². The molecular formula is C33H36N12O11. The number of hydrogen-bond acceptors (Lipinski definition) is 21. The van der Waals surface area contributed by atoms with Crippen molar-refractivity contribution in [1.82, 2.24) is 39.0 Å². The fourth-order valence-corrected chi connectivity index (χ4v) is 6.55. The maximum atomic E-state index is 12.9. The number of aliphatic hydroxyl groups excluding tert-OH is 3. The molecule has 0 unspecified atom stereocenters. The van der Waals surface area contributed by atoms with Crippen LogP contribution in [0.25, 0.3) is 33.7 Å². The summed E-state index contributed by atoms with van der Waals surface area (Å²) in [5, 5.41) is 41.9. The van der Waals surface area contributed by atoms with Gasteiger partial charge in [0, 0.05) is 26.3 Å². The van der Waals surface area contributed by atoms with Crippen LogP contribution >= 0.6 is 0 Å². The Kier molecular flexibility index (Phi) is 9.79. The number of hydrogen-bond donors (Lipinski definition) is 5. The van der Waals surface area contributed by atoms with E-state index in [1.807, 2.05) is 19.1 Å². The molecule has 0 amide bonds. The molecule has 5 aromatic rings. The highest BCUT2D eigenvalue weighted by molar-refractivity contribution is 5.84. The maximum Gasteiger partial charge on any atom is 0.306 e. The van der Waals surface area contributed by atoms with Gasteiger partial charge >= 0.3 is 23.8 Å². The smallest absolute Gasteiger partial charge is 0.306 e. The lowest BCUT2D eigenvalue weighted by Gasteiger charge is -2.33. The largest absolute Gasteiger partial charge is 0.463 e. The minimum atomic E-state index is -2.53. The third kappa shape index (κ3) is 6.39. The van der Waals surface area contributed by atoms with Gasteiger partial charge in [-0.15, -0.1) is 10.2 Å². The Morgan fingerprint density at radius 1 is 0.821 bits per heavy atom. The Labute approximate surface area is 315 Å². The SMILES string of the molecule is CC(=O)OC[C@H]1O[C@@](N=N[C@@]2(n3cnc4c(N)ncnc43)O[C@H](CO)[C@@H](O)[C@H]2O)(n2cnc3c(N)nc(-c4ccc(C)cc4)nc32)[C@H](OC(C)=O)[C@@H]1OC(C)=O. The minimum absolute atomic E-state index is 0.0310. The average molecular weight is 777 g/mol. The van der Waals surface area contributed by atoms with E-state index in [-0.39, 0.29) is 39.8 Å². The number of carbonyl (C=O) groups is 3. The van der Waals surface area contributed by atoms with Crippen molar-refractivity contribution in [2.45, 2.75) is 76.0 Å². The van der Waals surface area contributed by atoms with E-state index < -0.39 is 79.4 Å². The molecule has 2 aliphatic rings. The molecule has 2 aliphatic heterocycles. The third-order valence-corrected chi connectivity index (χ3v) is 9.12. The summed E-state index contributed by atoms with van der Waals surface area (Å²) in [7, 11) is 0. The van der Waals surface area contributed by atoms with E-state index in [4.69, 9.17) is 40.1 Å². The molecular weight excluding hydrogens is 740 g/mol. The van der Waals surface area contributed by atoms with E-state index in [0.717, 1.165) is 43.6 Å². The van der Waals surface area contributed by atoms with Crippen LogP contribution < -0.4 is 11.5 Å². The normalized spacial score (nSPS) is 27.6. The fourth-order valence-electron chi connectivity index (χ4n) is 6.55. The number of nitrogens with zero attached hydrogens (tertiary/aromatic N) is 10. The molecule has 2 saturated heterocycles. The number of fused-ring (bicyclic) bond motifs is 2. The number of esters is 3. The van der Waals surface area contributed by atoms with Crippen LogP contribution in [0, 0.1) is 6.92 Å². The van der Waals surface area contributed by atoms with E-state index in [1.54, 1.807) is 12.1 Å². The second kappa shape index (κ2) is 14.4. The number of nitrogens with two attached hydrogens (primary N) is 2. The van der Waals surface area contributed by atoms with E-state index in [0.29, 0.717) is 5.56 Å². The first-order valence-corrected chi connectivity index (χ1v) is 17.0. The summed E-state index contributed by atoms with van der Waals surface area (Å²) < 4.78 is 31.6. The molecule has 0 saturated carbocycles. The number of imidazole rings is 2. The first kappa shape index (κ1) is 38.0. The Hall–Kier alpha value is -6.27. The highest BCUT2D eigenvalue weighted by atomic mass is 16.7. The lowest BCUT2D eigenvalue weighted by atomic mass is 10.1. The summed E-state index contributed by atoms with van der Waals surface area (Å²) in [4.78, 5) is 63.5. The average Bonchev–Trinajstić information content (AvgIpc) is 3.91. The van der Waals surface area contributed by atoms with Gasteiger partial charge < -0.3 is 50.5 Å². The molecule has 7 rings (SSSR count). The van der Waals surface area contributed by atoms with Gasteiger partial charge in [0.1, 0.15) is 54.9 Å². The molecule has 23 nitrogen and oxygen atoms in total. The second-order valence-electron chi connectivity index (χ2n) is 13.0. The molecule has 0 aliphatic carbocycles. The third-order valence-electron chi connectivity index (χ3n) is 9.12. The predicted molar refractivity (Wildman–Crippen MR) is 187 cm³/mol. The molecule has 7 N–H and O–H groups in total. The number of azo groups is 1. The molecule has 0 radical (unpaired) electrons. The second-order valence-corrected chi connectivity index (χ2v) is 13.0. The summed E-state index contributed by atoms with van der Waals surface area (Å²) in [6.45, 7) is 3.86. The molecule has 294 valence electrons. The zero-order chi connectivity index (χ0) is 40.1. The van der Waals surface area contributed by atoms with Crippen LogP contribution in [0.3, 0.4) is 0 Å². The molecule has 6 heterocycles. The number of benzene rings is 1. The van der Waals surface area contributed by atoms with E-state index in [2.05, 4.69) is 35.1 Å². The molecule has 1 aromatic carbocycles. The number of aromatic nitrogens is 8. The minimum Gasteiger partial charge on any atom is -0.463 e. The quantitative estimate of drug-likeness (QED) is 0.0672. The summed E-state index contributed by atoms with van der Waals surface area (Å²) in [5.41, 5.74) is 14.0. The summed E-state index contributed by atoms with van der Waals surface area (Å²) in [5.74, 6) is -7.51. The first-order chi connectivity index (χ1) is 26.7.